The molecule has 114 valence electrons. The number of hydrogen-bond acceptors (Lipinski definition) is 2. The van der Waals surface area contributed by atoms with Gasteiger partial charge in [0.05, 0.1) is 6.61 Å². The van der Waals surface area contributed by atoms with Crippen LogP contribution in [0.4, 0.5) is 0 Å². The minimum absolute atomic E-state index is 0.509. The largest absolute Gasteiger partial charge is 0.362 e. The summed E-state index contributed by atoms with van der Waals surface area (Å²) in [7, 11) is 0. The Morgan fingerprint density at radius 1 is 1.10 bits per heavy atom. The molecule has 1 N–H and O–H groups in total. The van der Waals surface area contributed by atoms with Crippen molar-refractivity contribution in [1.29, 1.82) is 0 Å². The van der Waals surface area contributed by atoms with Crippen LogP contribution in [-0.4, -0.2) is 22.8 Å². The SMILES string of the molecule is OC1(OCCCCCCBr)C=CC(c2ccccc2)=CC1. The van der Waals surface area contributed by atoms with E-state index in [9.17, 15) is 5.11 Å². The van der Waals surface area contributed by atoms with Crippen LogP contribution < -0.4 is 0 Å². The molecule has 0 spiro atoms. The third kappa shape index (κ3) is 5.42. The normalized spacial score (nSPS) is 21.3. The van der Waals surface area contributed by atoms with Crippen molar-refractivity contribution in [2.24, 2.45) is 0 Å². The highest BCUT2D eigenvalue weighted by atomic mass is 79.9. The lowest BCUT2D eigenvalue weighted by molar-refractivity contribution is -0.165. The number of hydrogen-bond donors (Lipinski definition) is 1. The Labute approximate surface area is 135 Å². The molecule has 0 aromatic heterocycles. The highest BCUT2D eigenvalue weighted by molar-refractivity contribution is 9.09. The van der Waals surface area contributed by atoms with E-state index in [2.05, 4.69) is 28.1 Å². The Hall–Kier alpha value is -0.900. The van der Waals surface area contributed by atoms with Gasteiger partial charge in [-0.15, -0.1) is 0 Å². The molecule has 1 aromatic rings. The van der Waals surface area contributed by atoms with E-state index in [0.29, 0.717) is 13.0 Å². The first-order chi connectivity index (χ1) is 10.2. The second kappa shape index (κ2) is 8.52. The molecule has 0 aliphatic heterocycles. The fraction of sp³-hybridized carbons (Fsp3) is 0.444. The van der Waals surface area contributed by atoms with E-state index in [-0.39, 0.29) is 0 Å². The van der Waals surface area contributed by atoms with Gasteiger partial charge in [0.15, 0.2) is 5.79 Å². The molecule has 0 heterocycles. The summed E-state index contributed by atoms with van der Waals surface area (Å²) < 4.78 is 5.65. The Bertz CT molecular complexity index is 481. The average Bonchev–Trinajstić information content (AvgIpc) is 2.52. The molecule has 3 heteroatoms. The van der Waals surface area contributed by atoms with Crippen LogP contribution in [0.15, 0.2) is 48.6 Å². The third-order valence-corrected chi connectivity index (χ3v) is 4.19. The zero-order chi connectivity index (χ0) is 15.0. The topological polar surface area (TPSA) is 29.5 Å². The lowest BCUT2D eigenvalue weighted by atomic mass is 9.96. The monoisotopic (exact) mass is 350 g/mol. The molecule has 0 radical (unpaired) electrons. The smallest absolute Gasteiger partial charge is 0.189 e. The van der Waals surface area contributed by atoms with E-state index in [1.54, 1.807) is 6.08 Å². The molecule has 0 saturated carbocycles. The quantitative estimate of drug-likeness (QED) is 0.418. The lowest BCUT2D eigenvalue weighted by Crippen LogP contribution is -2.31. The van der Waals surface area contributed by atoms with Gasteiger partial charge in [-0.3, -0.25) is 0 Å². The summed E-state index contributed by atoms with van der Waals surface area (Å²) in [4.78, 5) is 0. The van der Waals surface area contributed by atoms with Gasteiger partial charge in [-0.25, -0.2) is 0 Å². The maximum Gasteiger partial charge on any atom is 0.189 e. The second-order valence-corrected chi connectivity index (χ2v) is 6.15. The third-order valence-electron chi connectivity index (χ3n) is 3.62. The fourth-order valence-electron chi connectivity index (χ4n) is 2.36. The summed E-state index contributed by atoms with van der Waals surface area (Å²) in [6, 6.07) is 10.2. The van der Waals surface area contributed by atoms with Gasteiger partial charge in [-0.2, -0.15) is 0 Å². The van der Waals surface area contributed by atoms with Gasteiger partial charge in [0, 0.05) is 11.8 Å². The fourth-order valence-corrected chi connectivity index (χ4v) is 2.76. The van der Waals surface area contributed by atoms with E-state index >= 15 is 0 Å². The van der Waals surface area contributed by atoms with E-state index in [0.717, 1.165) is 23.7 Å². The molecule has 1 aliphatic carbocycles. The van der Waals surface area contributed by atoms with Crippen molar-refractivity contribution in [3.63, 3.8) is 0 Å². The summed E-state index contributed by atoms with van der Waals surface area (Å²) in [5.41, 5.74) is 2.31. The zero-order valence-electron chi connectivity index (χ0n) is 12.3. The van der Waals surface area contributed by atoms with Crippen LogP contribution in [0.2, 0.25) is 0 Å². The minimum Gasteiger partial charge on any atom is -0.362 e. The second-order valence-electron chi connectivity index (χ2n) is 5.36. The van der Waals surface area contributed by atoms with Gasteiger partial charge in [0.25, 0.3) is 0 Å². The van der Waals surface area contributed by atoms with Crippen molar-refractivity contribution in [3.8, 4) is 0 Å². The van der Waals surface area contributed by atoms with E-state index in [1.165, 1.54) is 18.4 Å². The molecule has 2 nitrogen and oxygen atoms in total. The van der Waals surface area contributed by atoms with Crippen molar-refractivity contribution in [2.45, 2.75) is 37.9 Å². The number of allylic oxidation sites excluding steroid dienone is 2. The van der Waals surface area contributed by atoms with Gasteiger partial charge >= 0.3 is 0 Å². The maximum absolute atomic E-state index is 10.4. The average molecular weight is 351 g/mol. The number of unbranched alkanes of at least 4 members (excludes halogenated alkanes) is 3. The summed E-state index contributed by atoms with van der Waals surface area (Å²) in [5, 5.41) is 11.4. The van der Waals surface area contributed by atoms with Crippen LogP contribution in [0.5, 0.6) is 0 Å². The van der Waals surface area contributed by atoms with Crippen LogP contribution in [0.3, 0.4) is 0 Å². The molecular weight excluding hydrogens is 328 g/mol. The van der Waals surface area contributed by atoms with Crippen molar-refractivity contribution < 1.29 is 9.84 Å². The first kappa shape index (κ1) is 16.5. The molecule has 1 atom stereocenters. The number of rotatable bonds is 8. The Morgan fingerprint density at radius 3 is 2.52 bits per heavy atom. The molecular formula is C18H23BrO2. The predicted octanol–water partition coefficient (Wildman–Crippen LogP) is 4.69. The summed E-state index contributed by atoms with van der Waals surface area (Å²) in [5.74, 6) is -1.13. The maximum atomic E-state index is 10.4. The Morgan fingerprint density at radius 2 is 1.86 bits per heavy atom. The van der Waals surface area contributed by atoms with Gasteiger partial charge < -0.3 is 9.84 Å². The van der Waals surface area contributed by atoms with Gasteiger partial charge in [0.1, 0.15) is 0 Å². The minimum atomic E-state index is -1.13. The summed E-state index contributed by atoms with van der Waals surface area (Å²) >= 11 is 3.43. The molecule has 1 aromatic carbocycles. The Kier molecular flexibility index (Phi) is 6.68. The molecule has 21 heavy (non-hydrogen) atoms. The van der Waals surface area contributed by atoms with Crippen molar-refractivity contribution in [2.75, 3.05) is 11.9 Å². The molecule has 0 bridgehead atoms. The van der Waals surface area contributed by atoms with Crippen LogP contribution in [0.25, 0.3) is 5.57 Å². The first-order valence-corrected chi connectivity index (χ1v) is 8.73. The lowest BCUT2D eigenvalue weighted by Gasteiger charge is -2.27. The van der Waals surface area contributed by atoms with Gasteiger partial charge in [0.2, 0.25) is 0 Å². The van der Waals surface area contributed by atoms with E-state index < -0.39 is 5.79 Å². The van der Waals surface area contributed by atoms with Crippen molar-refractivity contribution in [1.82, 2.24) is 0 Å². The predicted molar refractivity (Wildman–Crippen MR) is 91.3 cm³/mol. The number of aliphatic hydroxyl groups is 1. The molecule has 0 saturated heterocycles. The van der Waals surface area contributed by atoms with Crippen LogP contribution in [0, 0.1) is 0 Å². The first-order valence-electron chi connectivity index (χ1n) is 7.61. The standard InChI is InChI=1S/C18H23BrO2/c19-14-6-1-2-7-15-21-18(20)12-10-17(11-13-18)16-8-4-3-5-9-16/h3-5,8-12,20H,1-2,6-7,13-15H2. The molecule has 2 rings (SSSR count). The van der Waals surface area contributed by atoms with Crippen LogP contribution >= 0.6 is 15.9 Å². The van der Waals surface area contributed by atoms with Crippen molar-refractivity contribution >= 4 is 21.5 Å². The summed E-state index contributed by atoms with van der Waals surface area (Å²) in [6.45, 7) is 0.609. The number of alkyl halides is 1. The van der Waals surface area contributed by atoms with Crippen LogP contribution in [-0.2, 0) is 4.74 Å². The number of halogens is 1. The van der Waals surface area contributed by atoms with Crippen LogP contribution in [0.1, 0.15) is 37.7 Å². The Balaban J connectivity index is 1.77. The molecule has 0 fully saturated rings. The molecule has 1 aliphatic rings. The molecule has 0 amide bonds. The van der Waals surface area contributed by atoms with Gasteiger partial charge in [-0.1, -0.05) is 71.3 Å². The summed E-state index contributed by atoms with van der Waals surface area (Å²) in [6.07, 6.45) is 10.8. The van der Waals surface area contributed by atoms with E-state index in [1.807, 2.05) is 30.4 Å². The van der Waals surface area contributed by atoms with E-state index in [4.69, 9.17) is 4.74 Å². The van der Waals surface area contributed by atoms with Gasteiger partial charge in [-0.05, 0) is 30.1 Å². The molecule has 1 unspecified atom stereocenters. The zero-order valence-corrected chi connectivity index (χ0v) is 13.9. The number of benzene rings is 1. The highest BCUT2D eigenvalue weighted by Gasteiger charge is 2.25. The highest BCUT2D eigenvalue weighted by Crippen LogP contribution is 2.27. The van der Waals surface area contributed by atoms with Crippen molar-refractivity contribution in [3.05, 3.63) is 54.1 Å². The number of ether oxygens (including phenoxy) is 1.